The van der Waals surface area contributed by atoms with Crippen molar-refractivity contribution in [2.75, 3.05) is 44.8 Å². The molecule has 2 rings (SSSR count). The first-order valence-corrected chi connectivity index (χ1v) is 8.01. The van der Waals surface area contributed by atoms with Gasteiger partial charge in [-0.25, -0.2) is 18.4 Å². The first kappa shape index (κ1) is 14.7. The minimum atomic E-state index is -3.19. The topological polar surface area (TPSA) is 95.5 Å². The van der Waals surface area contributed by atoms with Crippen LogP contribution in [0.5, 0.6) is 0 Å². The van der Waals surface area contributed by atoms with Crippen molar-refractivity contribution in [2.24, 2.45) is 0 Å². The van der Waals surface area contributed by atoms with Crippen LogP contribution in [0.3, 0.4) is 0 Å². The summed E-state index contributed by atoms with van der Waals surface area (Å²) in [6.45, 7) is 1.35. The molecule has 1 N–H and O–H groups in total. The molecule has 1 aromatic rings. The van der Waals surface area contributed by atoms with E-state index in [9.17, 15) is 13.2 Å². The number of rotatable bonds is 3. The van der Waals surface area contributed by atoms with Crippen LogP contribution in [0.1, 0.15) is 10.5 Å². The van der Waals surface area contributed by atoms with E-state index in [1.54, 1.807) is 11.9 Å². The maximum atomic E-state index is 12.2. The van der Waals surface area contributed by atoms with Gasteiger partial charge in [-0.2, -0.15) is 4.31 Å². The number of amides is 1. The summed E-state index contributed by atoms with van der Waals surface area (Å²) in [5.41, 5.74) is 0.261. The second kappa shape index (κ2) is 5.71. The zero-order chi connectivity index (χ0) is 14.8. The summed E-state index contributed by atoms with van der Waals surface area (Å²) in [5.74, 6) is 0.358. The molecule has 2 heterocycles. The zero-order valence-electron chi connectivity index (χ0n) is 11.4. The van der Waals surface area contributed by atoms with E-state index in [4.69, 9.17) is 0 Å². The smallest absolute Gasteiger partial charge is 0.274 e. The highest BCUT2D eigenvalue weighted by Crippen LogP contribution is 2.09. The summed E-state index contributed by atoms with van der Waals surface area (Å²) < 4.78 is 24.2. The summed E-state index contributed by atoms with van der Waals surface area (Å²) in [5, 5.41) is 2.82. The van der Waals surface area contributed by atoms with Gasteiger partial charge in [-0.3, -0.25) is 4.79 Å². The van der Waals surface area contributed by atoms with Gasteiger partial charge in [0.25, 0.3) is 5.91 Å². The Bertz CT molecular complexity index is 579. The van der Waals surface area contributed by atoms with Crippen molar-refractivity contribution in [1.29, 1.82) is 0 Å². The van der Waals surface area contributed by atoms with Gasteiger partial charge in [0.05, 0.1) is 18.6 Å². The minimum absolute atomic E-state index is 0.228. The summed E-state index contributed by atoms with van der Waals surface area (Å²) in [4.78, 5) is 21.9. The fraction of sp³-hybridized carbons (Fsp3) is 0.545. The molecule has 20 heavy (non-hydrogen) atoms. The van der Waals surface area contributed by atoms with Gasteiger partial charge in [-0.15, -0.1) is 0 Å². The van der Waals surface area contributed by atoms with E-state index in [1.165, 1.54) is 23.0 Å². The average Bonchev–Trinajstić information content (AvgIpc) is 2.46. The highest BCUT2D eigenvalue weighted by Gasteiger charge is 2.27. The second-order valence-electron chi connectivity index (χ2n) is 4.49. The Labute approximate surface area is 117 Å². The standard InChI is InChI=1S/C11H17N5O3S/c1-12-10-8-13-9(7-14-10)11(17)15-3-5-16(6-4-15)20(2,18)19/h7-8H,3-6H2,1-2H3,(H,12,14). The lowest BCUT2D eigenvalue weighted by Gasteiger charge is -2.32. The summed E-state index contributed by atoms with van der Waals surface area (Å²) >= 11 is 0. The summed E-state index contributed by atoms with van der Waals surface area (Å²) in [6, 6.07) is 0. The van der Waals surface area contributed by atoms with Crippen LogP contribution >= 0.6 is 0 Å². The first-order chi connectivity index (χ1) is 9.41. The number of piperazine rings is 1. The molecule has 0 bridgehead atoms. The number of carbonyl (C=O) groups is 1. The van der Waals surface area contributed by atoms with Crippen LogP contribution in [0.2, 0.25) is 0 Å². The molecule has 0 radical (unpaired) electrons. The van der Waals surface area contributed by atoms with Crippen molar-refractivity contribution in [3.8, 4) is 0 Å². The fourth-order valence-electron chi connectivity index (χ4n) is 1.95. The molecule has 8 nitrogen and oxygen atoms in total. The molecular formula is C11H17N5O3S. The van der Waals surface area contributed by atoms with Gasteiger partial charge in [0.1, 0.15) is 11.5 Å². The van der Waals surface area contributed by atoms with Gasteiger partial charge >= 0.3 is 0 Å². The maximum Gasteiger partial charge on any atom is 0.274 e. The third-order valence-corrected chi connectivity index (χ3v) is 4.43. The Kier molecular flexibility index (Phi) is 4.19. The van der Waals surface area contributed by atoms with Gasteiger partial charge < -0.3 is 10.2 Å². The average molecular weight is 299 g/mol. The van der Waals surface area contributed by atoms with E-state index in [0.29, 0.717) is 32.0 Å². The van der Waals surface area contributed by atoms with Crippen LogP contribution in [0.25, 0.3) is 0 Å². The van der Waals surface area contributed by atoms with E-state index in [0.717, 1.165) is 0 Å². The van der Waals surface area contributed by atoms with Gasteiger partial charge in [-0.05, 0) is 0 Å². The first-order valence-electron chi connectivity index (χ1n) is 6.16. The molecule has 0 aromatic carbocycles. The Morgan fingerprint density at radius 2 is 1.85 bits per heavy atom. The fourth-order valence-corrected chi connectivity index (χ4v) is 2.78. The van der Waals surface area contributed by atoms with E-state index in [2.05, 4.69) is 15.3 Å². The van der Waals surface area contributed by atoms with Gasteiger partial charge in [-0.1, -0.05) is 0 Å². The minimum Gasteiger partial charge on any atom is -0.372 e. The molecule has 9 heteroatoms. The highest BCUT2D eigenvalue weighted by atomic mass is 32.2. The largest absolute Gasteiger partial charge is 0.372 e. The van der Waals surface area contributed by atoms with E-state index in [-0.39, 0.29) is 11.6 Å². The van der Waals surface area contributed by atoms with Gasteiger partial charge in [0, 0.05) is 33.2 Å². The van der Waals surface area contributed by atoms with Crippen LogP contribution in [0, 0.1) is 0 Å². The van der Waals surface area contributed by atoms with Crippen LogP contribution in [-0.4, -0.2) is 73.0 Å². The lowest BCUT2D eigenvalue weighted by atomic mass is 10.3. The highest BCUT2D eigenvalue weighted by molar-refractivity contribution is 7.88. The van der Waals surface area contributed by atoms with Crippen molar-refractivity contribution in [3.63, 3.8) is 0 Å². The van der Waals surface area contributed by atoms with Crippen LogP contribution in [0.4, 0.5) is 5.82 Å². The molecule has 0 saturated carbocycles. The molecule has 110 valence electrons. The predicted octanol–water partition coefficient (Wildman–Crippen LogP) is -0.764. The molecule has 1 fully saturated rings. The molecule has 0 atom stereocenters. The Morgan fingerprint density at radius 1 is 1.20 bits per heavy atom. The number of anilines is 1. The van der Waals surface area contributed by atoms with Crippen molar-refractivity contribution in [1.82, 2.24) is 19.2 Å². The Balaban J connectivity index is 2.01. The normalized spacial score (nSPS) is 17.0. The molecule has 1 aliphatic heterocycles. The molecular weight excluding hydrogens is 282 g/mol. The van der Waals surface area contributed by atoms with Crippen LogP contribution < -0.4 is 5.32 Å². The number of hydrogen-bond donors (Lipinski definition) is 1. The van der Waals surface area contributed by atoms with E-state index < -0.39 is 10.0 Å². The Morgan fingerprint density at radius 3 is 2.30 bits per heavy atom. The number of nitrogens with one attached hydrogen (secondary N) is 1. The van der Waals surface area contributed by atoms with Crippen LogP contribution in [-0.2, 0) is 10.0 Å². The van der Waals surface area contributed by atoms with Crippen molar-refractivity contribution >= 4 is 21.7 Å². The van der Waals surface area contributed by atoms with E-state index >= 15 is 0 Å². The molecule has 0 spiro atoms. The van der Waals surface area contributed by atoms with Gasteiger partial charge in [0.2, 0.25) is 10.0 Å². The molecule has 1 amide bonds. The third kappa shape index (κ3) is 3.23. The van der Waals surface area contributed by atoms with Gasteiger partial charge in [0.15, 0.2) is 0 Å². The van der Waals surface area contributed by atoms with Crippen molar-refractivity contribution in [3.05, 3.63) is 18.1 Å². The number of carbonyl (C=O) groups excluding carboxylic acids is 1. The van der Waals surface area contributed by atoms with Crippen molar-refractivity contribution < 1.29 is 13.2 Å². The lowest BCUT2D eigenvalue weighted by Crippen LogP contribution is -2.50. The van der Waals surface area contributed by atoms with Crippen molar-refractivity contribution in [2.45, 2.75) is 0 Å². The van der Waals surface area contributed by atoms with E-state index in [1.807, 2.05) is 0 Å². The zero-order valence-corrected chi connectivity index (χ0v) is 12.2. The molecule has 1 aromatic heterocycles. The summed E-state index contributed by atoms with van der Waals surface area (Å²) in [6.07, 6.45) is 4.07. The quantitative estimate of drug-likeness (QED) is 0.788. The lowest BCUT2D eigenvalue weighted by molar-refractivity contribution is 0.0692. The predicted molar refractivity (Wildman–Crippen MR) is 73.9 cm³/mol. The molecule has 1 saturated heterocycles. The monoisotopic (exact) mass is 299 g/mol. The SMILES string of the molecule is CNc1cnc(C(=O)N2CCN(S(C)(=O)=O)CC2)cn1. The number of sulfonamides is 1. The maximum absolute atomic E-state index is 12.2. The third-order valence-electron chi connectivity index (χ3n) is 3.12. The Hall–Kier alpha value is -1.74. The number of nitrogens with zero attached hydrogens (tertiary/aromatic N) is 4. The number of aromatic nitrogens is 2. The summed E-state index contributed by atoms with van der Waals surface area (Å²) in [7, 11) is -1.47. The molecule has 0 unspecified atom stereocenters. The molecule has 1 aliphatic rings. The molecule has 0 aliphatic carbocycles. The van der Waals surface area contributed by atoms with Crippen LogP contribution in [0.15, 0.2) is 12.4 Å². The second-order valence-corrected chi connectivity index (χ2v) is 6.47. The number of hydrogen-bond acceptors (Lipinski definition) is 6.